The van der Waals surface area contributed by atoms with Crippen LogP contribution < -0.4 is 10.1 Å². The Morgan fingerprint density at radius 3 is 3.05 bits per heavy atom. The number of rotatable bonds is 6. The molecule has 0 spiro atoms. The maximum absolute atomic E-state index is 10.9. The molecule has 1 heterocycles. The number of hydrogen-bond donors (Lipinski definition) is 1. The summed E-state index contributed by atoms with van der Waals surface area (Å²) < 4.78 is 5.70. The highest BCUT2D eigenvalue weighted by Crippen LogP contribution is 2.22. The highest BCUT2D eigenvalue weighted by molar-refractivity contribution is 5.86. The number of para-hydroxylation sites is 1. The first kappa shape index (κ1) is 13.1. The van der Waals surface area contributed by atoms with Crippen LogP contribution in [0.4, 0.5) is 0 Å². The van der Waals surface area contributed by atoms with Gasteiger partial charge in [0, 0.05) is 18.1 Å². The van der Waals surface area contributed by atoms with Crippen LogP contribution in [0.5, 0.6) is 5.75 Å². The highest BCUT2D eigenvalue weighted by Gasteiger charge is 2.02. The maximum atomic E-state index is 10.9. The molecule has 19 heavy (non-hydrogen) atoms. The summed E-state index contributed by atoms with van der Waals surface area (Å²) >= 11 is 0. The van der Waals surface area contributed by atoms with Gasteiger partial charge in [0.2, 0.25) is 5.91 Å². The molecule has 0 bridgehead atoms. The first-order valence-corrected chi connectivity index (χ1v) is 6.18. The van der Waals surface area contributed by atoms with E-state index in [9.17, 15) is 4.79 Å². The minimum atomic E-state index is -0.160. The second kappa shape index (κ2) is 6.54. The zero-order valence-corrected chi connectivity index (χ0v) is 10.6. The molecular weight excluding hydrogens is 240 g/mol. The standard InChI is InChI=1S/C15H16N2O2/c1-2-14(18)16-10-5-11-19-13-8-3-6-12-7-4-9-17-15(12)13/h2-4,6-9H,1,5,10-11H2,(H,16,18). The molecule has 4 nitrogen and oxygen atoms in total. The smallest absolute Gasteiger partial charge is 0.243 e. The van der Waals surface area contributed by atoms with Crippen molar-refractivity contribution in [2.45, 2.75) is 6.42 Å². The number of nitrogens with zero attached hydrogens (tertiary/aromatic N) is 1. The minimum Gasteiger partial charge on any atom is -0.491 e. The van der Waals surface area contributed by atoms with E-state index in [1.165, 1.54) is 6.08 Å². The molecule has 4 heteroatoms. The molecule has 2 rings (SSSR count). The predicted molar refractivity (Wildman–Crippen MR) is 75.1 cm³/mol. The van der Waals surface area contributed by atoms with Crippen LogP contribution in [0.1, 0.15) is 6.42 Å². The highest BCUT2D eigenvalue weighted by atomic mass is 16.5. The van der Waals surface area contributed by atoms with Crippen LogP contribution in [0, 0.1) is 0 Å². The van der Waals surface area contributed by atoms with E-state index in [4.69, 9.17) is 4.74 Å². The number of nitrogens with one attached hydrogen (secondary N) is 1. The van der Waals surface area contributed by atoms with Gasteiger partial charge in [-0.25, -0.2) is 0 Å². The van der Waals surface area contributed by atoms with Gasteiger partial charge in [0.1, 0.15) is 11.3 Å². The molecule has 1 N–H and O–H groups in total. The Morgan fingerprint density at radius 1 is 1.37 bits per heavy atom. The molecule has 1 aromatic carbocycles. The lowest BCUT2D eigenvalue weighted by atomic mass is 10.2. The second-order valence-corrected chi connectivity index (χ2v) is 4.03. The Labute approximate surface area is 112 Å². The van der Waals surface area contributed by atoms with Crippen molar-refractivity contribution >= 4 is 16.8 Å². The number of pyridine rings is 1. The van der Waals surface area contributed by atoms with Crippen molar-refractivity contribution in [3.05, 3.63) is 49.2 Å². The van der Waals surface area contributed by atoms with Crippen LogP contribution in [-0.4, -0.2) is 24.0 Å². The average molecular weight is 256 g/mol. The van der Waals surface area contributed by atoms with Gasteiger partial charge in [0.05, 0.1) is 6.61 Å². The van der Waals surface area contributed by atoms with Crippen molar-refractivity contribution in [1.82, 2.24) is 10.3 Å². The van der Waals surface area contributed by atoms with Crippen molar-refractivity contribution in [3.63, 3.8) is 0 Å². The average Bonchev–Trinajstić information content (AvgIpc) is 2.46. The van der Waals surface area contributed by atoms with Gasteiger partial charge in [-0.3, -0.25) is 9.78 Å². The molecule has 0 saturated heterocycles. The third-order valence-electron chi connectivity index (χ3n) is 2.66. The molecule has 0 atom stereocenters. The first-order valence-electron chi connectivity index (χ1n) is 6.18. The topological polar surface area (TPSA) is 51.2 Å². The van der Waals surface area contributed by atoms with Crippen molar-refractivity contribution < 1.29 is 9.53 Å². The number of fused-ring (bicyclic) bond motifs is 1. The molecule has 0 unspecified atom stereocenters. The second-order valence-electron chi connectivity index (χ2n) is 4.03. The fourth-order valence-electron chi connectivity index (χ4n) is 1.73. The zero-order valence-electron chi connectivity index (χ0n) is 10.6. The molecule has 0 aliphatic heterocycles. The number of carbonyl (C=O) groups is 1. The van der Waals surface area contributed by atoms with Crippen LogP contribution in [-0.2, 0) is 4.79 Å². The normalized spacial score (nSPS) is 10.1. The molecule has 0 aliphatic rings. The summed E-state index contributed by atoms with van der Waals surface area (Å²) in [5.41, 5.74) is 0.861. The van der Waals surface area contributed by atoms with Crippen molar-refractivity contribution in [2.75, 3.05) is 13.2 Å². The van der Waals surface area contributed by atoms with Gasteiger partial charge in [0.25, 0.3) is 0 Å². The van der Waals surface area contributed by atoms with E-state index in [1.54, 1.807) is 6.20 Å². The Hall–Kier alpha value is -2.36. The summed E-state index contributed by atoms with van der Waals surface area (Å²) in [5.74, 6) is 0.611. The maximum Gasteiger partial charge on any atom is 0.243 e. The number of carbonyl (C=O) groups excluding carboxylic acids is 1. The number of hydrogen-bond acceptors (Lipinski definition) is 3. The molecule has 0 saturated carbocycles. The Balaban J connectivity index is 1.88. The molecule has 0 aliphatic carbocycles. The molecule has 2 aromatic rings. The molecule has 1 aromatic heterocycles. The van der Waals surface area contributed by atoms with E-state index in [0.717, 1.165) is 23.1 Å². The zero-order chi connectivity index (χ0) is 13.5. The van der Waals surface area contributed by atoms with Crippen molar-refractivity contribution in [2.24, 2.45) is 0 Å². The molecule has 1 amide bonds. The van der Waals surface area contributed by atoms with Gasteiger partial charge in [-0.1, -0.05) is 24.8 Å². The van der Waals surface area contributed by atoms with Crippen LogP contribution in [0.2, 0.25) is 0 Å². The minimum absolute atomic E-state index is 0.160. The van der Waals surface area contributed by atoms with E-state index in [-0.39, 0.29) is 5.91 Å². The quantitative estimate of drug-likeness (QED) is 0.637. The lowest BCUT2D eigenvalue weighted by Gasteiger charge is -2.08. The Bertz CT molecular complexity index is 576. The summed E-state index contributed by atoms with van der Waals surface area (Å²) in [5, 5.41) is 3.76. The third kappa shape index (κ3) is 3.55. The Morgan fingerprint density at radius 2 is 2.21 bits per heavy atom. The van der Waals surface area contributed by atoms with E-state index < -0.39 is 0 Å². The fourth-order valence-corrected chi connectivity index (χ4v) is 1.73. The van der Waals surface area contributed by atoms with Gasteiger partial charge < -0.3 is 10.1 Å². The Kier molecular flexibility index (Phi) is 4.50. The summed E-state index contributed by atoms with van der Waals surface area (Å²) in [6.07, 6.45) is 3.75. The largest absolute Gasteiger partial charge is 0.491 e. The van der Waals surface area contributed by atoms with Crippen LogP contribution >= 0.6 is 0 Å². The monoisotopic (exact) mass is 256 g/mol. The lowest BCUT2D eigenvalue weighted by Crippen LogP contribution is -2.23. The van der Waals surface area contributed by atoms with Gasteiger partial charge >= 0.3 is 0 Å². The SMILES string of the molecule is C=CC(=O)NCCCOc1cccc2cccnc12. The van der Waals surface area contributed by atoms with Gasteiger partial charge in [-0.15, -0.1) is 0 Å². The summed E-state index contributed by atoms with van der Waals surface area (Å²) in [6, 6.07) is 9.74. The first-order chi connectivity index (χ1) is 9.31. The van der Waals surface area contributed by atoms with Gasteiger partial charge in [-0.2, -0.15) is 0 Å². The third-order valence-corrected chi connectivity index (χ3v) is 2.66. The van der Waals surface area contributed by atoms with E-state index in [0.29, 0.717) is 13.2 Å². The fraction of sp³-hybridized carbons (Fsp3) is 0.200. The van der Waals surface area contributed by atoms with Crippen molar-refractivity contribution in [1.29, 1.82) is 0 Å². The van der Waals surface area contributed by atoms with Crippen molar-refractivity contribution in [3.8, 4) is 5.75 Å². The van der Waals surface area contributed by atoms with Crippen LogP contribution in [0.3, 0.4) is 0 Å². The predicted octanol–water partition coefficient (Wildman–Crippen LogP) is 2.31. The number of amides is 1. The summed E-state index contributed by atoms with van der Waals surface area (Å²) in [7, 11) is 0. The molecular formula is C15H16N2O2. The number of ether oxygens (including phenoxy) is 1. The van der Waals surface area contributed by atoms with Crippen LogP contribution in [0.15, 0.2) is 49.2 Å². The molecule has 0 fully saturated rings. The molecule has 98 valence electrons. The number of benzene rings is 1. The summed E-state index contributed by atoms with van der Waals surface area (Å²) in [4.78, 5) is 15.3. The molecule has 0 radical (unpaired) electrons. The summed E-state index contributed by atoms with van der Waals surface area (Å²) in [6.45, 7) is 4.50. The lowest BCUT2D eigenvalue weighted by molar-refractivity contribution is -0.116. The van der Waals surface area contributed by atoms with E-state index >= 15 is 0 Å². The van der Waals surface area contributed by atoms with E-state index in [1.807, 2.05) is 30.3 Å². The van der Waals surface area contributed by atoms with E-state index in [2.05, 4.69) is 16.9 Å². The van der Waals surface area contributed by atoms with Gasteiger partial charge in [0.15, 0.2) is 0 Å². The van der Waals surface area contributed by atoms with Gasteiger partial charge in [-0.05, 0) is 24.6 Å². The number of aromatic nitrogens is 1. The van der Waals surface area contributed by atoms with Crippen LogP contribution in [0.25, 0.3) is 10.9 Å².